The first kappa shape index (κ1) is 25.5. The molecule has 5 aromatic rings. The molecule has 2 heterocycles. The van der Waals surface area contributed by atoms with Crippen LogP contribution in [0.25, 0.3) is 10.2 Å². The van der Waals surface area contributed by atoms with Gasteiger partial charge in [0.1, 0.15) is 5.82 Å². The van der Waals surface area contributed by atoms with E-state index in [1.165, 1.54) is 16.5 Å². The fraction of sp³-hybridized carbons (Fsp3) is 0.214. The van der Waals surface area contributed by atoms with Gasteiger partial charge in [-0.1, -0.05) is 96.3 Å². The summed E-state index contributed by atoms with van der Waals surface area (Å²) in [6, 6.07) is 28.0. The van der Waals surface area contributed by atoms with E-state index in [4.69, 9.17) is 4.98 Å². The van der Waals surface area contributed by atoms with Gasteiger partial charge in [-0.15, -0.1) is 21.5 Å². The van der Waals surface area contributed by atoms with Gasteiger partial charge in [-0.3, -0.25) is 4.79 Å². The van der Waals surface area contributed by atoms with E-state index >= 15 is 0 Å². The Hall–Kier alpha value is -3.14. The van der Waals surface area contributed by atoms with Crippen LogP contribution in [0.5, 0.6) is 0 Å². The van der Waals surface area contributed by atoms with Crippen molar-refractivity contribution in [3.05, 3.63) is 102 Å². The lowest BCUT2D eigenvalue weighted by molar-refractivity contribution is -0.120. The molecule has 6 nitrogen and oxygen atoms in total. The fourth-order valence-electron chi connectivity index (χ4n) is 3.99. The lowest BCUT2D eigenvalue weighted by atomic mass is 9.98. The Balaban J connectivity index is 1.26. The van der Waals surface area contributed by atoms with E-state index in [0.29, 0.717) is 5.75 Å². The van der Waals surface area contributed by atoms with Crippen molar-refractivity contribution >= 4 is 51.0 Å². The molecule has 0 saturated carbocycles. The number of benzene rings is 3. The lowest BCUT2D eigenvalue weighted by Gasteiger charge is -2.22. The molecule has 9 heteroatoms. The van der Waals surface area contributed by atoms with Gasteiger partial charge in [0, 0.05) is 6.54 Å². The first-order valence-electron chi connectivity index (χ1n) is 12.1. The van der Waals surface area contributed by atoms with Crippen LogP contribution in [-0.2, 0) is 17.1 Å². The van der Waals surface area contributed by atoms with Crippen molar-refractivity contribution in [3.63, 3.8) is 0 Å². The Morgan fingerprint density at radius 3 is 2.24 bits per heavy atom. The summed E-state index contributed by atoms with van der Waals surface area (Å²) in [5, 5.41) is 12.5. The number of carbonyl (C=O) groups is 1. The SMILES string of the molecule is CCn1c(CSc2nc3ccccc3s2)nnc1SC(C)C(=O)NC(c1ccccc1)c1ccccc1. The van der Waals surface area contributed by atoms with Crippen LogP contribution in [0.4, 0.5) is 0 Å². The molecule has 2 aromatic heterocycles. The number of thiazole rings is 1. The molecule has 188 valence electrons. The van der Waals surface area contributed by atoms with E-state index in [9.17, 15) is 4.79 Å². The van der Waals surface area contributed by atoms with Gasteiger partial charge in [-0.2, -0.15) is 0 Å². The normalized spacial score (nSPS) is 12.2. The van der Waals surface area contributed by atoms with E-state index < -0.39 is 0 Å². The third-order valence-corrected chi connectivity index (χ3v) is 9.17. The lowest BCUT2D eigenvalue weighted by Crippen LogP contribution is -2.35. The molecule has 0 spiro atoms. The number of hydrogen-bond acceptors (Lipinski definition) is 7. The largest absolute Gasteiger partial charge is 0.344 e. The van der Waals surface area contributed by atoms with Gasteiger partial charge in [-0.05, 0) is 37.1 Å². The number of rotatable bonds is 10. The maximum absolute atomic E-state index is 13.3. The maximum Gasteiger partial charge on any atom is 0.234 e. The predicted molar refractivity (Wildman–Crippen MR) is 153 cm³/mol. The molecule has 1 N–H and O–H groups in total. The van der Waals surface area contributed by atoms with Crippen LogP contribution in [0.2, 0.25) is 0 Å². The van der Waals surface area contributed by atoms with Crippen LogP contribution in [-0.4, -0.2) is 30.9 Å². The molecule has 0 fully saturated rings. The molecule has 37 heavy (non-hydrogen) atoms. The molecule has 1 amide bonds. The predicted octanol–water partition coefficient (Wildman–Crippen LogP) is 6.59. The average molecular weight is 546 g/mol. The molecule has 5 rings (SSSR count). The quantitative estimate of drug-likeness (QED) is 0.200. The number of thioether (sulfide) groups is 2. The highest BCUT2D eigenvalue weighted by Gasteiger charge is 2.24. The molecule has 1 atom stereocenters. The number of aromatic nitrogens is 4. The summed E-state index contributed by atoms with van der Waals surface area (Å²) >= 11 is 4.79. The Morgan fingerprint density at radius 1 is 0.946 bits per heavy atom. The molecule has 0 aliphatic rings. The fourth-order valence-corrected chi connectivity index (χ4v) is 6.94. The van der Waals surface area contributed by atoms with Gasteiger partial charge in [0.25, 0.3) is 0 Å². The second-order valence-corrected chi connectivity index (χ2v) is 12.0. The summed E-state index contributed by atoms with van der Waals surface area (Å²) in [6.45, 7) is 4.72. The number of fused-ring (bicyclic) bond motifs is 1. The van der Waals surface area contributed by atoms with Crippen molar-refractivity contribution in [2.75, 3.05) is 0 Å². The first-order chi connectivity index (χ1) is 18.1. The van der Waals surface area contributed by atoms with Crippen molar-refractivity contribution in [1.29, 1.82) is 0 Å². The maximum atomic E-state index is 13.3. The Morgan fingerprint density at radius 2 is 1.59 bits per heavy atom. The monoisotopic (exact) mass is 545 g/mol. The second kappa shape index (κ2) is 11.9. The van der Waals surface area contributed by atoms with Gasteiger partial charge < -0.3 is 9.88 Å². The highest BCUT2D eigenvalue weighted by Crippen LogP contribution is 2.32. The average Bonchev–Trinajstić information content (AvgIpc) is 3.54. The highest BCUT2D eigenvalue weighted by molar-refractivity contribution is 8.00. The topological polar surface area (TPSA) is 72.7 Å². The molecule has 0 bridgehead atoms. The molecule has 0 aliphatic carbocycles. The summed E-state index contributed by atoms with van der Waals surface area (Å²) in [6.07, 6.45) is 0. The summed E-state index contributed by atoms with van der Waals surface area (Å²) in [5.74, 6) is 1.51. The molecule has 3 aromatic carbocycles. The molecular formula is C28H27N5OS3. The standard InChI is InChI=1S/C28H27N5OS3/c1-3-33-24(18-35-28-29-22-16-10-11-17-23(22)37-28)31-32-27(33)36-19(2)26(34)30-25(20-12-6-4-7-13-20)21-14-8-5-9-15-21/h4-17,19,25H,3,18H2,1-2H3,(H,30,34). The summed E-state index contributed by atoms with van der Waals surface area (Å²) in [4.78, 5) is 18.0. The Bertz CT molecular complexity index is 1400. The molecule has 0 radical (unpaired) electrons. The molecule has 0 saturated heterocycles. The highest BCUT2D eigenvalue weighted by atomic mass is 32.2. The van der Waals surface area contributed by atoms with Gasteiger partial charge >= 0.3 is 0 Å². The van der Waals surface area contributed by atoms with Crippen molar-refractivity contribution < 1.29 is 4.79 Å². The zero-order valence-electron chi connectivity index (χ0n) is 20.6. The summed E-state index contributed by atoms with van der Waals surface area (Å²) in [7, 11) is 0. The zero-order valence-corrected chi connectivity index (χ0v) is 23.0. The second-order valence-electron chi connectivity index (χ2n) is 8.40. The minimum absolute atomic E-state index is 0.0428. The third-order valence-electron chi connectivity index (χ3n) is 5.91. The van der Waals surface area contributed by atoms with E-state index in [1.54, 1.807) is 23.1 Å². The van der Waals surface area contributed by atoms with Gasteiger partial charge in [0.15, 0.2) is 9.50 Å². The van der Waals surface area contributed by atoms with Gasteiger partial charge in [-0.25, -0.2) is 4.98 Å². The van der Waals surface area contributed by atoms with Crippen LogP contribution in [0.3, 0.4) is 0 Å². The van der Waals surface area contributed by atoms with Crippen molar-refractivity contribution in [3.8, 4) is 0 Å². The molecule has 0 aliphatic heterocycles. The van der Waals surface area contributed by atoms with Crippen LogP contribution in [0, 0.1) is 0 Å². The Labute approximate surface area is 228 Å². The Kier molecular flexibility index (Phi) is 8.23. The molecule has 1 unspecified atom stereocenters. The number of nitrogens with one attached hydrogen (secondary N) is 1. The van der Waals surface area contributed by atoms with Crippen LogP contribution >= 0.6 is 34.9 Å². The first-order valence-corrected chi connectivity index (χ1v) is 14.8. The smallest absolute Gasteiger partial charge is 0.234 e. The van der Waals surface area contributed by atoms with Gasteiger partial charge in [0.2, 0.25) is 5.91 Å². The van der Waals surface area contributed by atoms with E-state index in [1.807, 2.05) is 85.8 Å². The van der Waals surface area contributed by atoms with Crippen molar-refractivity contribution in [2.24, 2.45) is 0 Å². The summed E-state index contributed by atoms with van der Waals surface area (Å²) < 4.78 is 4.28. The minimum Gasteiger partial charge on any atom is -0.344 e. The molecular weight excluding hydrogens is 519 g/mol. The minimum atomic E-state index is -0.339. The van der Waals surface area contributed by atoms with Crippen molar-refractivity contribution in [1.82, 2.24) is 25.1 Å². The van der Waals surface area contributed by atoms with E-state index in [0.717, 1.165) is 38.5 Å². The van der Waals surface area contributed by atoms with Crippen LogP contribution < -0.4 is 5.32 Å². The number of hydrogen-bond donors (Lipinski definition) is 1. The number of carbonyl (C=O) groups excluding carboxylic acids is 1. The van der Waals surface area contributed by atoms with Crippen LogP contribution in [0.1, 0.15) is 36.8 Å². The number of amides is 1. The number of para-hydroxylation sites is 1. The van der Waals surface area contributed by atoms with Gasteiger partial charge in [0.05, 0.1) is 27.3 Å². The van der Waals surface area contributed by atoms with E-state index in [-0.39, 0.29) is 17.2 Å². The zero-order chi connectivity index (χ0) is 25.6. The number of nitrogens with zero attached hydrogens (tertiary/aromatic N) is 4. The summed E-state index contributed by atoms with van der Waals surface area (Å²) in [5.41, 5.74) is 3.11. The van der Waals surface area contributed by atoms with E-state index in [2.05, 4.69) is 33.1 Å². The third kappa shape index (κ3) is 6.06. The van der Waals surface area contributed by atoms with Crippen LogP contribution in [0.15, 0.2) is 94.4 Å². The van der Waals surface area contributed by atoms with Crippen molar-refractivity contribution in [2.45, 2.75) is 46.9 Å².